The number of fused-ring (bicyclic) bond motifs is 1. The Morgan fingerprint density at radius 2 is 1.96 bits per heavy atom. The number of aromatic nitrogens is 4. The maximum Gasteiger partial charge on any atom is 0.237 e. The zero-order valence-corrected chi connectivity index (χ0v) is 13.3. The lowest BCUT2D eigenvalue weighted by atomic mass is 10.2. The van der Waals surface area contributed by atoms with Crippen molar-refractivity contribution in [3.8, 4) is 11.4 Å². The molecule has 4 aromatic rings. The Kier molecular flexibility index (Phi) is 3.59. The smallest absolute Gasteiger partial charge is 0.237 e. The summed E-state index contributed by atoms with van der Waals surface area (Å²) < 4.78 is 5.31. The number of rotatable bonds is 4. The Hall–Kier alpha value is -2.60. The number of imidazole rings is 1. The minimum atomic E-state index is 0.582. The summed E-state index contributed by atoms with van der Waals surface area (Å²) >= 11 is 1.55. The van der Waals surface area contributed by atoms with Gasteiger partial charge in [-0.05, 0) is 24.6 Å². The summed E-state index contributed by atoms with van der Waals surface area (Å²) in [6, 6.07) is 16.0. The van der Waals surface area contributed by atoms with Crippen molar-refractivity contribution in [3.63, 3.8) is 0 Å². The second-order valence-electron chi connectivity index (χ2n) is 5.23. The number of benzene rings is 2. The maximum absolute atomic E-state index is 5.31. The summed E-state index contributed by atoms with van der Waals surface area (Å²) in [5, 5.41) is 4.87. The van der Waals surface area contributed by atoms with Crippen LogP contribution in [0, 0.1) is 6.92 Å². The monoisotopic (exact) mass is 322 g/mol. The third-order valence-electron chi connectivity index (χ3n) is 3.45. The average Bonchev–Trinajstić information content (AvgIpc) is 3.20. The quantitative estimate of drug-likeness (QED) is 0.570. The molecule has 0 unspecified atom stereocenters. The highest BCUT2D eigenvalue weighted by Crippen LogP contribution is 2.24. The fraction of sp³-hybridized carbons (Fsp3) is 0.118. The van der Waals surface area contributed by atoms with E-state index in [1.54, 1.807) is 11.8 Å². The van der Waals surface area contributed by atoms with E-state index in [4.69, 9.17) is 4.52 Å². The summed E-state index contributed by atoms with van der Waals surface area (Å²) in [5.41, 5.74) is 4.17. The van der Waals surface area contributed by atoms with Gasteiger partial charge in [0.05, 0.1) is 16.8 Å². The second-order valence-corrected chi connectivity index (χ2v) is 6.19. The normalized spacial score (nSPS) is 11.2. The Morgan fingerprint density at radius 3 is 2.83 bits per heavy atom. The zero-order valence-electron chi connectivity index (χ0n) is 12.5. The van der Waals surface area contributed by atoms with Crippen LogP contribution in [0.2, 0.25) is 0 Å². The topological polar surface area (TPSA) is 67.6 Å². The molecule has 2 aromatic carbocycles. The van der Waals surface area contributed by atoms with Crippen LogP contribution in [0.1, 0.15) is 11.5 Å². The summed E-state index contributed by atoms with van der Waals surface area (Å²) in [5.74, 6) is 1.78. The lowest BCUT2D eigenvalue weighted by Crippen LogP contribution is -1.83. The number of aryl methyl sites for hydroxylation is 1. The fourth-order valence-corrected chi connectivity index (χ4v) is 3.04. The molecule has 0 spiro atoms. The highest BCUT2D eigenvalue weighted by molar-refractivity contribution is 7.98. The van der Waals surface area contributed by atoms with Gasteiger partial charge in [0.1, 0.15) is 0 Å². The molecule has 1 N–H and O–H groups in total. The van der Waals surface area contributed by atoms with E-state index < -0.39 is 0 Å². The van der Waals surface area contributed by atoms with Crippen molar-refractivity contribution in [1.29, 1.82) is 0 Å². The van der Waals surface area contributed by atoms with Crippen LogP contribution in [-0.2, 0) is 5.75 Å². The molecule has 4 rings (SSSR count). The SMILES string of the molecule is Cc1ccc2nc(SCc3nc(-c4ccccc4)no3)[nH]c2c1. The molecule has 6 heteroatoms. The molecular formula is C17H14N4OS. The van der Waals surface area contributed by atoms with Gasteiger partial charge in [-0.2, -0.15) is 4.98 Å². The minimum Gasteiger partial charge on any atom is -0.338 e. The van der Waals surface area contributed by atoms with Crippen LogP contribution in [0.4, 0.5) is 0 Å². The number of nitrogens with zero attached hydrogens (tertiary/aromatic N) is 3. The van der Waals surface area contributed by atoms with Crippen LogP contribution in [0.25, 0.3) is 22.4 Å². The van der Waals surface area contributed by atoms with E-state index in [0.717, 1.165) is 21.8 Å². The molecule has 0 saturated heterocycles. The molecule has 0 atom stereocenters. The molecule has 23 heavy (non-hydrogen) atoms. The first-order valence-corrected chi connectivity index (χ1v) is 8.24. The van der Waals surface area contributed by atoms with Crippen LogP contribution in [0.5, 0.6) is 0 Å². The van der Waals surface area contributed by atoms with Gasteiger partial charge in [0.25, 0.3) is 0 Å². The standard InChI is InChI=1S/C17H14N4OS/c1-11-7-8-13-14(9-11)19-17(18-13)23-10-15-20-16(21-22-15)12-5-3-2-4-6-12/h2-9H,10H2,1H3,(H,18,19). The third-order valence-corrected chi connectivity index (χ3v) is 4.31. The van der Waals surface area contributed by atoms with Gasteiger partial charge in [-0.15, -0.1) is 0 Å². The summed E-state index contributed by atoms with van der Waals surface area (Å²) in [7, 11) is 0. The Bertz CT molecular complexity index is 946. The summed E-state index contributed by atoms with van der Waals surface area (Å²) in [6.07, 6.45) is 0. The van der Waals surface area contributed by atoms with E-state index >= 15 is 0 Å². The number of nitrogens with one attached hydrogen (secondary N) is 1. The molecule has 0 aliphatic carbocycles. The van der Waals surface area contributed by atoms with Crippen LogP contribution >= 0.6 is 11.8 Å². The number of hydrogen-bond donors (Lipinski definition) is 1. The molecule has 0 aliphatic heterocycles. The molecule has 2 heterocycles. The second kappa shape index (κ2) is 5.89. The summed E-state index contributed by atoms with van der Waals surface area (Å²) in [6.45, 7) is 2.07. The first kappa shape index (κ1) is 14.0. The average molecular weight is 322 g/mol. The molecule has 114 valence electrons. The van der Waals surface area contributed by atoms with E-state index in [1.165, 1.54) is 5.56 Å². The van der Waals surface area contributed by atoms with Gasteiger partial charge in [-0.25, -0.2) is 4.98 Å². The van der Waals surface area contributed by atoms with Gasteiger partial charge in [-0.1, -0.05) is 53.3 Å². The molecule has 5 nitrogen and oxygen atoms in total. The van der Waals surface area contributed by atoms with Gasteiger partial charge < -0.3 is 9.51 Å². The Labute approximate surface area is 137 Å². The van der Waals surface area contributed by atoms with Crippen LogP contribution in [0.15, 0.2) is 58.2 Å². The van der Waals surface area contributed by atoms with Gasteiger partial charge >= 0.3 is 0 Å². The predicted molar refractivity (Wildman–Crippen MR) is 90.1 cm³/mol. The van der Waals surface area contributed by atoms with Crippen molar-refractivity contribution in [2.75, 3.05) is 0 Å². The number of thioether (sulfide) groups is 1. The molecule has 0 amide bonds. The van der Waals surface area contributed by atoms with E-state index in [9.17, 15) is 0 Å². The lowest BCUT2D eigenvalue weighted by Gasteiger charge is -1.92. The van der Waals surface area contributed by atoms with Crippen molar-refractivity contribution >= 4 is 22.8 Å². The predicted octanol–water partition coefficient (Wildman–Crippen LogP) is 4.21. The Balaban J connectivity index is 1.49. The summed E-state index contributed by atoms with van der Waals surface area (Å²) in [4.78, 5) is 12.3. The van der Waals surface area contributed by atoms with Gasteiger partial charge in [0, 0.05) is 5.56 Å². The third kappa shape index (κ3) is 2.98. The number of aromatic amines is 1. The highest BCUT2D eigenvalue weighted by atomic mass is 32.2. The van der Waals surface area contributed by atoms with Gasteiger partial charge in [0.15, 0.2) is 5.16 Å². The zero-order chi connectivity index (χ0) is 15.6. The minimum absolute atomic E-state index is 0.582. The highest BCUT2D eigenvalue weighted by Gasteiger charge is 2.10. The lowest BCUT2D eigenvalue weighted by molar-refractivity contribution is 0.391. The largest absolute Gasteiger partial charge is 0.338 e. The first-order chi connectivity index (χ1) is 11.3. The maximum atomic E-state index is 5.31. The van der Waals surface area contributed by atoms with Crippen molar-refractivity contribution in [2.45, 2.75) is 17.8 Å². The molecule has 0 fully saturated rings. The van der Waals surface area contributed by atoms with Crippen LogP contribution in [0.3, 0.4) is 0 Å². The first-order valence-electron chi connectivity index (χ1n) is 7.25. The van der Waals surface area contributed by atoms with Gasteiger partial charge in [0.2, 0.25) is 11.7 Å². The van der Waals surface area contributed by atoms with Crippen LogP contribution < -0.4 is 0 Å². The van der Waals surface area contributed by atoms with E-state index in [-0.39, 0.29) is 0 Å². The number of H-pyrrole nitrogens is 1. The fourth-order valence-electron chi connectivity index (χ4n) is 2.32. The molecular weight excluding hydrogens is 308 g/mol. The Morgan fingerprint density at radius 1 is 1.09 bits per heavy atom. The molecule has 0 aliphatic rings. The molecule has 0 radical (unpaired) electrons. The van der Waals surface area contributed by atoms with Crippen molar-refractivity contribution in [1.82, 2.24) is 20.1 Å². The van der Waals surface area contributed by atoms with Crippen molar-refractivity contribution in [2.24, 2.45) is 0 Å². The van der Waals surface area contributed by atoms with E-state index in [0.29, 0.717) is 17.5 Å². The van der Waals surface area contributed by atoms with E-state index in [2.05, 4.69) is 39.2 Å². The van der Waals surface area contributed by atoms with Crippen molar-refractivity contribution < 1.29 is 4.52 Å². The van der Waals surface area contributed by atoms with Crippen molar-refractivity contribution in [3.05, 3.63) is 60.0 Å². The van der Waals surface area contributed by atoms with E-state index in [1.807, 2.05) is 36.4 Å². The van der Waals surface area contributed by atoms with Gasteiger partial charge in [-0.3, -0.25) is 0 Å². The molecule has 0 bridgehead atoms. The number of hydrogen-bond acceptors (Lipinski definition) is 5. The molecule has 2 aromatic heterocycles. The molecule has 0 saturated carbocycles. The van der Waals surface area contributed by atoms with Crippen LogP contribution in [-0.4, -0.2) is 20.1 Å².